The second-order valence-corrected chi connectivity index (χ2v) is 5.79. The van der Waals surface area contributed by atoms with Crippen LogP contribution >= 0.6 is 0 Å². The molecule has 2 fully saturated rings. The number of hydrogen-bond acceptors (Lipinski definition) is 6. The summed E-state index contributed by atoms with van der Waals surface area (Å²) in [6, 6.07) is -0.161. The third kappa shape index (κ3) is 3.58. The molecule has 0 saturated carbocycles. The number of carbonyl (C=O) groups excluding carboxylic acids is 2. The van der Waals surface area contributed by atoms with Crippen LogP contribution in [0.2, 0.25) is 0 Å². The van der Waals surface area contributed by atoms with E-state index in [4.69, 9.17) is 9.47 Å². The lowest BCUT2D eigenvalue weighted by molar-refractivity contribution is 0.127. The van der Waals surface area contributed by atoms with Gasteiger partial charge < -0.3 is 24.3 Å². The third-order valence-electron chi connectivity index (χ3n) is 4.26. The molecule has 3 amide bonds. The van der Waals surface area contributed by atoms with E-state index in [2.05, 4.69) is 15.5 Å². The van der Waals surface area contributed by atoms with Gasteiger partial charge >= 0.3 is 12.1 Å². The second-order valence-electron chi connectivity index (χ2n) is 5.79. The Labute approximate surface area is 139 Å². The molecular weight excluding hydrogens is 316 g/mol. The van der Waals surface area contributed by atoms with Crippen LogP contribution in [-0.4, -0.2) is 89.2 Å². The zero-order chi connectivity index (χ0) is 16.9. The molecule has 3 rings (SSSR count). The maximum Gasteiger partial charge on any atom is 0.410 e. The predicted molar refractivity (Wildman–Crippen MR) is 82.4 cm³/mol. The highest BCUT2D eigenvalue weighted by molar-refractivity contribution is 5.75. The van der Waals surface area contributed by atoms with E-state index in [0.717, 1.165) is 5.82 Å². The number of aromatic nitrogens is 3. The standard InChI is InChI=1S/C14H22N6O4/c1-23-7-6-19-10-16-17-12(19)2-3-15-13(21)18-4-5-20-11(8-18)9-24-14(20)22/h10-11H,2-9H2,1H3,(H,15,21)/t11-/m0/s1. The van der Waals surface area contributed by atoms with Crippen molar-refractivity contribution >= 4 is 12.1 Å². The number of carbonyl (C=O) groups is 2. The molecule has 2 aliphatic heterocycles. The second kappa shape index (κ2) is 7.47. The topological polar surface area (TPSA) is 102 Å². The fourth-order valence-electron chi connectivity index (χ4n) is 2.92. The minimum absolute atomic E-state index is 0.0332. The van der Waals surface area contributed by atoms with Crippen LogP contribution in [0.3, 0.4) is 0 Å². The molecule has 0 unspecified atom stereocenters. The Hall–Kier alpha value is -2.36. The van der Waals surface area contributed by atoms with Gasteiger partial charge in [-0.25, -0.2) is 9.59 Å². The average molecular weight is 338 g/mol. The number of fused-ring (bicyclic) bond motifs is 1. The Bertz CT molecular complexity index is 592. The van der Waals surface area contributed by atoms with Crippen LogP contribution in [0.5, 0.6) is 0 Å². The van der Waals surface area contributed by atoms with Crippen molar-refractivity contribution < 1.29 is 19.1 Å². The van der Waals surface area contributed by atoms with Gasteiger partial charge in [-0.1, -0.05) is 0 Å². The number of piperazine rings is 1. The number of hydrogen-bond donors (Lipinski definition) is 1. The minimum atomic E-state index is -0.282. The summed E-state index contributed by atoms with van der Waals surface area (Å²) in [6.07, 6.45) is 1.97. The largest absolute Gasteiger partial charge is 0.447 e. The number of amides is 3. The van der Waals surface area contributed by atoms with Gasteiger partial charge in [-0.2, -0.15) is 0 Å². The predicted octanol–water partition coefficient (Wildman–Crippen LogP) is -0.687. The molecule has 1 aromatic rings. The van der Waals surface area contributed by atoms with Crippen LogP contribution in [0.15, 0.2) is 6.33 Å². The average Bonchev–Trinajstić information content (AvgIpc) is 3.19. The summed E-state index contributed by atoms with van der Waals surface area (Å²) in [6.45, 7) is 3.63. The first-order valence-electron chi connectivity index (χ1n) is 8.01. The van der Waals surface area contributed by atoms with Gasteiger partial charge in [0.1, 0.15) is 18.8 Å². The Morgan fingerprint density at radius 3 is 3.21 bits per heavy atom. The summed E-state index contributed by atoms with van der Waals surface area (Å²) < 4.78 is 12.0. The molecule has 0 spiro atoms. The van der Waals surface area contributed by atoms with Crippen LogP contribution in [0.25, 0.3) is 0 Å². The summed E-state index contributed by atoms with van der Waals surface area (Å²) in [4.78, 5) is 27.1. The quantitative estimate of drug-likeness (QED) is 0.737. The molecular formula is C14H22N6O4. The van der Waals surface area contributed by atoms with Crippen LogP contribution < -0.4 is 5.32 Å². The maximum absolute atomic E-state index is 12.3. The molecule has 1 atom stereocenters. The summed E-state index contributed by atoms with van der Waals surface area (Å²) in [5, 5.41) is 10.8. The molecule has 2 saturated heterocycles. The fourth-order valence-corrected chi connectivity index (χ4v) is 2.92. The summed E-state index contributed by atoms with van der Waals surface area (Å²) in [5.74, 6) is 0.812. The van der Waals surface area contributed by atoms with Gasteiger partial charge in [0, 0.05) is 46.3 Å². The van der Waals surface area contributed by atoms with E-state index in [1.807, 2.05) is 4.57 Å². The Morgan fingerprint density at radius 2 is 2.38 bits per heavy atom. The highest BCUT2D eigenvalue weighted by atomic mass is 16.6. The SMILES string of the molecule is COCCn1cnnc1CCNC(=O)N1CCN2C(=O)OC[C@@H]2C1. The van der Waals surface area contributed by atoms with E-state index in [1.165, 1.54) is 0 Å². The highest BCUT2D eigenvalue weighted by Crippen LogP contribution is 2.17. The van der Waals surface area contributed by atoms with Gasteiger partial charge in [0.2, 0.25) is 0 Å². The Kier molecular flexibility index (Phi) is 5.14. The van der Waals surface area contributed by atoms with E-state index in [1.54, 1.807) is 23.2 Å². The van der Waals surface area contributed by atoms with E-state index in [9.17, 15) is 9.59 Å². The smallest absolute Gasteiger partial charge is 0.410 e. The first-order chi connectivity index (χ1) is 11.7. The first kappa shape index (κ1) is 16.5. The molecule has 0 radical (unpaired) electrons. The molecule has 0 aliphatic carbocycles. The van der Waals surface area contributed by atoms with E-state index < -0.39 is 0 Å². The molecule has 2 aliphatic rings. The van der Waals surface area contributed by atoms with Crippen molar-refractivity contribution in [3.8, 4) is 0 Å². The van der Waals surface area contributed by atoms with Crippen LogP contribution in [0.1, 0.15) is 5.82 Å². The maximum atomic E-state index is 12.3. The summed E-state index contributed by atoms with van der Waals surface area (Å²) >= 11 is 0. The number of urea groups is 1. The van der Waals surface area contributed by atoms with Gasteiger partial charge in [0.15, 0.2) is 0 Å². The Morgan fingerprint density at radius 1 is 1.50 bits per heavy atom. The normalized spacial score (nSPS) is 20.0. The number of methoxy groups -OCH3 is 1. The van der Waals surface area contributed by atoms with E-state index >= 15 is 0 Å². The van der Waals surface area contributed by atoms with Crippen LogP contribution in [0.4, 0.5) is 9.59 Å². The zero-order valence-electron chi connectivity index (χ0n) is 13.7. The van der Waals surface area contributed by atoms with Gasteiger partial charge in [0.05, 0.1) is 12.6 Å². The molecule has 24 heavy (non-hydrogen) atoms. The molecule has 1 aromatic heterocycles. The summed E-state index contributed by atoms with van der Waals surface area (Å²) in [5.41, 5.74) is 0. The summed E-state index contributed by atoms with van der Waals surface area (Å²) in [7, 11) is 1.65. The van der Waals surface area contributed by atoms with Gasteiger partial charge in [0.25, 0.3) is 0 Å². The van der Waals surface area contributed by atoms with Gasteiger partial charge in [-0.3, -0.25) is 4.90 Å². The number of rotatable bonds is 6. The third-order valence-corrected chi connectivity index (χ3v) is 4.26. The van der Waals surface area contributed by atoms with Gasteiger partial charge in [-0.15, -0.1) is 10.2 Å². The zero-order valence-corrected chi connectivity index (χ0v) is 13.7. The molecule has 0 aromatic carbocycles. The highest BCUT2D eigenvalue weighted by Gasteiger charge is 2.38. The van der Waals surface area contributed by atoms with Gasteiger partial charge in [-0.05, 0) is 0 Å². The molecule has 3 heterocycles. The fraction of sp³-hybridized carbons (Fsp3) is 0.714. The number of nitrogens with zero attached hydrogens (tertiary/aromatic N) is 5. The van der Waals surface area contributed by atoms with Crippen molar-refractivity contribution in [2.45, 2.75) is 19.0 Å². The number of ether oxygens (including phenoxy) is 2. The van der Waals surface area contributed by atoms with Crippen LogP contribution in [-0.2, 0) is 22.4 Å². The number of nitrogens with one attached hydrogen (secondary N) is 1. The van der Waals surface area contributed by atoms with Crippen molar-refractivity contribution in [1.82, 2.24) is 29.9 Å². The lowest BCUT2D eigenvalue weighted by atomic mass is 10.2. The van der Waals surface area contributed by atoms with Crippen molar-refractivity contribution in [1.29, 1.82) is 0 Å². The van der Waals surface area contributed by atoms with Crippen molar-refractivity contribution in [2.75, 3.05) is 46.5 Å². The van der Waals surface area contributed by atoms with E-state index in [0.29, 0.717) is 52.4 Å². The molecule has 132 valence electrons. The lowest BCUT2D eigenvalue weighted by Crippen LogP contribution is -2.56. The monoisotopic (exact) mass is 338 g/mol. The molecule has 0 bridgehead atoms. The molecule has 10 heteroatoms. The number of cyclic esters (lactones) is 1. The first-order valence-corrected chi connectivity index (χ1v) is 8.01. The Balaban J connectivity index is 1.43. The lowest BCUT2D eigenvalue weighted by Gasteiger charge is -2.35. The van der Waals surface area contributed by atoms with E-state index in [-0.39, 0.29) is 18.2 Å². The van der Waals surface area contributed by atoms with Crippen LogP contribution in [0, 0.1) is 0 Å². The minimum Gasteiger partial charge on any atom is -0.447 e. The molecule has 1 N–H and O–H groups in total. The van der Waals surface area contributed by atoms with Crippen molar-refractivity contribution in [3.63, 3.8) is 0 Å². The van der Waals surface area contributed by atoms with Crippen molar-refractivity contribution in [3.05, 3.63) is 12.2 Å². The van der Waals surface area contributed by atoms with Crippen molar-refractivity contribution in [2.24, 2.45) is 0 Å². The molecule has 10 nitrogen and oxygen atoms in total.